The third kappa shape index (κ3) is 4.35. The number of nitrogens with zero attached hydrogens (tertiary/aromatic N) is 1. The fraction of sp³-hybridized carbons (Fsp3) is 0.880. The monoisotopic (exact) mass is 419 g/mol. The van der Waals surface area contributed by atoms with Crippen LogP contribution in [0.15, 0.2) is 12.2 Å². The Morgan fingerprint density at radius 3 is 2.63 bits per heavy atom. The molecular weight excluding hydrogens is 378 g/mol. The molecule has 2 unspecified atom stereocenters. The normalized spacial score (nSPS) is 42.8. The highest BCUT2D eigenvalue weighted by Gasteiger charge is 2.55. The number of ether oxygens (including phenoxy) is 1. The molecule has 0 spiro atoms. The van der Waals surface area contributed by atoms with Crippen molar-refractivity contribution in [2.75, 3.05) is 7.11 Å². The van der Waals surface area contributed by atoms with Crippen LogP contribution in [-0.2, 0) is 9.53 Å². The highest BCUT2D eigenvalue weighted by atomic mass is 16.5. The first-order valence-electron chi connectivity index (χ1n) is 12.4. The van der Waals surface area contributed by atoms with E-state index in [-0.39, 0.29) is 30.1 Å². The number of rotatable bonds is 6. The van der Waals surface area contributed by atoms with Gasteiger partial charge in [0.15, 0.2) is 0 Å². The molecule has 30 heavy (non-hydrogen) atoms. The first-order valence-corrected chi connectivity index (χ1v) is 12.4. The van der Waals surface area contributed by atoms with Gasteiger partial charge in [0.1, 0.15) is 6.04 Å². The molecule has 0 radical (unpaired) electrons. The predicted molar refractivity (Wildman–Crippen MR) is 117 cm³/mol. The summed E-state index contributed by atoms with van der Waals surface area (Å²) in [6.45, 7) is 2.26. The van der Waals surface area contributed by atoms with Crippen LogP contribution in [0.2, 0.25) is 0 Å². The number of hydrogen-bond donors (Lipinski definition) is 2. The van der Waals surface area contributed by atoms with E-state index < -0.39 is 6.10 Å². The molecule has 4 aliphatic rings. The third-order valence-corrected chi connectivity index (χ3v) is 8.71. The summed E-state index contributed by atoms with van der Waals surface area (Å²) in [6, 6.07) is 0.535. The van der Waals surface area contributed by atoms with Gasteiger partial charge in [0.25, 0.3) is 0 Å². The Kier molecular flexibility index (Phi) is 7.21. The molecule has 4 fully saturated rings. The van der Waals surface area contributed by atoms with Crippen molar-refractivity contribution >= 4 is 5.97 Å². The second-order valence-electron chi connectivity index (χ2n) is 10.4. The van der Waals surface area contributed by atoms with Crippen LogP contribution < -0.4 is 0 Å². The highest BCUT2D eigenvalue weighted by Crippen LogP contribution is 2.49. The molecule has 0 aromatic rings. The summed E-state index contributed by atoms with van der Waals surface area (Å²) in [5, 5.41) is 21.6. The summed E-state index contributed by atoms with van der Waals surface area (Å²) < 4.78 is 5.08. The standard InChI is InChI=1S/C25H41NO4/c1-3-5-16-8-10-17(11-9-16)23(27)13-12-19-20-14-18-6-4-7-21(25(29)30-2)26(18)22(20)15-24(19)28/h12-13,16-24,27-28H,3-11,14-15H2,1-2H3/b13-12+/t16?,17?,18?,19-,20-,21?,22-,23+,24-/m1/s1. The highest BCUT2D eigenvalue weighted by molar-refractivity contribution is 5.76. The average Bonchev–Trinajstić information content (AvgIpc) is 3.26. The molecule has 4 rings (SSSR count). The van der Waals surface area contributed by atoms with Crippen molar-refractivity contribution in [3.05, 3.63) is 12.2 Å². The van der Waals surface area contributed by atoms with Crippen LogP contribution in [0, 0.1) is 23.7 Å². The minimum atomic E-state index is -0.398. The molecule has 2 saturated carbocycles. The van der Waals surface area contributed by atoms with Gasteiger partial charge >= 0.3 is 5.97 Å². The van der Waals surface area contributed by atoms with Crippen LogP contribution >= 0.6 is 0 Å². The second kappa shape index (κ2) is 9.70. The Morgan fingerprint density at radius 2 is 1.93 bits per heavy atom. The van der Waals surface area contributed by atoms with Gasteiger partial charge < -0.3 is 14.9 Å². The van der Waals surface area contributed by atoms with Gasteiger partial charge in [-0.1, -0.05) is 44.8 Å². The molecule has 2 aliphatic carbocycles. The number of hydrogen-bond acceptors (Lipinski definition) is 5. The number of piperidine rings is 1. The zero-order valence-electron chi connectivity index (χ0n) is 18.8. The van der Waals surface area contributed by atoms with Crippen molar-refractivity contribution in [3.63, 3.8) is 0 Å². The van der Waals surface area contributed by atoms with Gasteiger partial charge in [-0.2, -0.15) is 0 Å². The van der Waals surface area contributed by atoms with Gasteiger partial charge in [-0.15, -0.1) is 0 Å². The van der Waals surface area contributed by atoms with E-state index in [9.17, 15) is 15.0 Å². The molecule has 5 heteroatoms. The Balaban J connectivity index is 1.38. The van der Waals surface area contributed by atoms with Crippen molar-refractivity contribution in [2.45, 2.75) is 108 Å². The molecule has 2 heterocycles. The van der Waals surface area contributed by atoms with E-state index in [1.807, 2.05) is 6.08 Å². The molecule has 0 bridgehead atoms. The first-order chi connectivity index (χ1) is 14.5. The first kappa shape index (κ1) is 22.3. The van der Waals surface area contributed by atoms with Gasteiger partial charge in [-0.05, 0) is 62.7 Å². The molecule has 2 saturated heterocycles. The lowest BCUT2D eigenvalue weighted by atomic mass is 9.77. The average molecular weight is 420 g/mol. The number of fused-ring (bicyclic) bond motifs is 3. The van der Waals surface area contributed by atoms with Crippen LogP contribution in [0.3, 0.4) is 0 Å². The minimum absolute atomic E-state index is 0.0879. The summed E-state index contributed by atoms with van der Waals surface area (Å²) in [5.41, 5.74) is 0. The molecule has 0 amide bonds. The van der Waals surface area contributed by atoms with E-state index in [1.54, 1.807) is 0 Å². The van der Waals surface area contributed by atoms with E-state index in [1.165, 1.54) is 32.8 Å². The number of esters is 1. The molecule has 0 aromatic carbocycles. The molecule has 2 aliphatic heterocycles. The van der Waals surface area contributed by atoms with E-state index in [0.717, 1.165) is 50.9 Å². The Bertz CT molecular complexity index is 614. The molecule has 7 atom stereocenters. The van der Waals surface area contributed by atoms with Crippen LogP contribution in [0.5, 0.6) is 0 Å². The summed E-state index contributed by atoms with van der Waals surface area (Å²) in [6.07, 6.45) is 15.5. The van der Waals surface area contributed by atoms with Crippen LogP contribution in [0.1, 0.15) is 77.6 Å². The number of carbonyl (C=O) groups is 1. The Morgan fingerprint density at radius 1 is 1.17 bits per heavy atom. The molecule has 2 N–H and O–H groups in total. The maximum absolute atomic E-state index is 12.3. The van der Waals surface area contributed by atoms with Crippen LogP contribution in [0.25, 0.3) is 0 Å². The third-order valence-electron chi connectivity index (χ3n) is 8.71. The largest absolute Gasteiger partial charge is 0.468 e. The van der Waals surface area contributed by atoms with E-state index >= 15 is 0 Å². The Labute approximate surface area is 181 Å². The number of carbonyl (C=O) groups excluding carboxylic acids is 1. The summed E-state index contributed by atoms with van der Waals surface area (Å²) in [4.78, 5) is 14.7. The number of methoxy groups -OCH3 is 1. The van der Waals surface area contributed by atoms with E-state index in [2.05, 4.69) is 17.9 Å². The lowest BCUT2D eigenvalue weighted by Crippen LogP contribution is -2.51. The summed E-state index contributed by atoms with van der Waals surface area (Å²) >= 11 is 0. The van der Waals surface area contributed by atoms with Crippen molar-refractivity contribution in [1.82, 2.24) is 4.90 Å². The van der Waals surface area contributed by atoms with Gasteiger partial charge in [0, 0.05) is 18.0 Å². The smallest absolute Gasteiger partial charge is 0.323 e. The van der Waals surface area contributed by atoms with Crippen LogP contribution in [0.4, 0.5) is 0 Å². The number of aliphatic hydroxyl groups excluding tert-OH is 2. The van der Waals surface area contributed by atoms with Crippen molar-refractivity contribution < 1.29 is 19.7 Å². The zero-order valence-corrected chi connectivity index (χ0v) is 18.8. The van der Waals surface area contributed by atoms with Gasteiger partial charge in [-0.25, -0.2) is 0 Å². The maximum atomic E-state index is 12.3. The lowest BCUT2D eigenvalue weighted by Gasteiger charge is -2.39. The van der Waals surface area contributed by atoms with Crippen molar-refractivity contribution in [2.24, 2.45) is 23.7 Å². The lowest BCUT2D eigenvalue weighted by molar-refractivity contribution is -0.150. The predicted octanol–water partition coefficient (Wildman–Crippen LogP) is 3.68. The van der Waals surface area contributed by atoms with Gasteiger partial charge in [0.05, 0.1) is 19.3 Å². The van der Waals surface area contributed by atoms with E-state index in [0.29, 0.717) is 17.9 Å². The SMILES string of the molecule is CCCC1CCC([C@@H](O)/C=C/[C@@H]2[C@H]3CC4CCCC(C(=O)OC)N4[C@@H]3C[C@H]2O)CC1. The fourth-order valence-corrected chi connectivity index (χ4v) is 7.21. The zero-order chi connectivity index (χ0) is 21.3. The topological polar surface area (TPSA) is 70.0 Å². The van der Waals surface area contributed by atoms with Crippen molar-refractivity contribution in [1.29, 1.82) is 0 Å². The maximum Gasteiger partial charge on any atom is 0.323 e. The van der Waals surface area contributed by atoms with Gasteiger partial charge in [-0.3, -0.25) is 9.69 Å². The van der Waals surface area contributed by atoms with Gasteiger partial charge in [0.2, 0.25) is 0 Å². The second-order valence-corrected chi connectivity index (χ2v) is 10.4. The summed E-state index contributed by atoms with van der Waals surface area (Å²) in [5.74, 6) is 1.55. The molecular formula is C25H41NO4. The van der Waals surface area contributed by atoms with Crippen molar-refractivity contribution in [3.8, 4) is 0 Å². The summed E-state index contributed by atoms with van der Waals surface area (Å²) in [7, 11) is 1.48. The number of aliphatic hydroxyl groups is 2. The van der Waals surface area contributed by atoms with Crippen LogP contribution in [-0.4, -0.2) is 58.5 Å². The minimum Gasteiger partial charge on any atom is -0.468 e. The molecule has 170 valence electrons. The Hall–Kier alpha value is -0.910. The quantitative estimate of drug-likeness (QED) is 0.508. The van der Waals surface area contributed by atoms with E-state index in [4.69, 9.17) is 4.74 Å². The molecule has 5 nitrogen and oxygen atoms in total. The molecule has 0 aromatic heterocycles. The fourth-order valence-electron chi connectivity index (χ4n) is 7.21.